The first-order valence-corrected chi connectivity index (χ1v) is 12.2. The number of rotatable bonds is 5. The number of amides is 1. The third kappa shape index (κ3) is 5.41. The molecule has 0 aromatic heterocycles. The molecule has 1 aliphatic carbocycles. The van der Waals surface area contributed by atoms with Crippen LogP contribution in [0.2, 0.25) is 0 Å². The Labute approximate surface area is 179 Å². The molecule has 30 heavy (non-hydrogen) atoms. The number of carbonyl (C=O) groups is 1. The summed E-state index contributed by atoms with van der Waals surface area (Å²) in [6, 6.07) is 7.27. The highest BCUT2D eigenvalue weighted by atomic mass is 32.2. The summed E-state index contributed by atoms with van der Waals surface area (Å²) in [4.78, 5) is 12.8. The van der Waals surface area contributed by atoms with Crippen LogP contribution < -0.4 is 10.0 Å². The number of sulfonamides is 1. The molecule has 0 radical (unpaired) electrons. The monoisotopic (exact) mass is 438 g/mol. The second-order valence-electron chi connectivity index (χ2n) is 9.50. The maximum atomic E-state index is 12.8. The van der Waals surface area contributed by atoms with Crippen molar-refractivity contribution in [3.63, 3.8) is 0 Å². The van der Waals surface area contributed by atoms with Crippen molar-refractivity contribution in [2.24, 2.45) is 5.92 Å². The van der Waals surface area contributed by atoms with Gasteiger partial charge < -0.3 is 15.2 Å². The van der Waals surface area contributed by atoms with Gasteiger partial charge in [-0.1, -0.05) is 12.1 Å². The van der Waals surface area contributed by atoms with Crippen LogP contribution in [-0.4, -0.2) is 43.4 Å². The molecule has 3 N–H and O–H groups in total. The van der Waals surface area contributed by atoms with Crippen LogP contribution in [0.1, 0.15) is 64.9 Å². The van der Waals surface area contributed by atoms with Crippen molar-refractivity contribution < 1.29 is 23.1 Å². The molecule has 2 aliphatic rings. The van der Waals surface area contributed by atoms with Crippen molar-refractivity contribution in [1.82, 2.24) is 4.72 Å². The Kier molecular flexibility index (Phi) is 6.91. The Bertz CT molecular complexity index is 849. The molecule has 8 heteroatoms. The second-order valence-corrected chi connectivity index (χ2v) is 12.0. The lowest BCUT2D eigenvalue weighted by molar-refractivity contribution is -0.120. The SMILES string of the molecule is CC(C)(C)S(=O)(=O)NC1CCC(C(=O)Nc2cccc(C3(O)CCOCC3)c2)CC1. The van der Waals surface area contributed by atoms with Crippen molar-refractivity contribution in [2.45, 2.75) is 75.7 Å². The molecule has 1 aromatic rings. The standard InChI is InChI=1S/C22H34N2O5S/c1-21(2,3)30(27,28)24-18-9-7-16(8-10-18)20(25)23-19-6-4-5-17(15-19)22(26)11-13-29-14-12-22/h4-6,15-16,18,24,26H,7-14H2,1-3H3,(H,23,25). The molecular formula is C22H34N2O5S. The third-order valence-corrected chi connectivity index (χ3v) is 8.47. The molecule has 1 saturated carbocycles. The number of benzene rings is 1. The predicted octanol–water partition coefficient (Wildman–Crippen LogP) is 2.90. The number of hydrogen-bond acceptors (Lipinski definition) is 5. The molecule has 1 heterocycles. The van der Waals surface area contributed by atoms with Gasteiger partial charge in [-0.15, -0.1) is 0 Å². The predicted molar refractivity (Wildman–Crippen MR) is 117 cm³/mol. The zero-order valence-corrected chi connectivity index (χ0v) is 18.9. The fraction of sp³-hybridized carbons (Fsp3) is 0.682. The molecule has 0 atom stereocenters. The molecule has 168 valence electrons. The van der Waals surface area contributed by atoms with Gasteiger partial charge in [0, 0.05) is 43.7 Å². The fourth-order valence-corrected chi connectivity index (χ4v) is 5.03. The van der Waals surface area contributed by atoms with Gasteiger partial charge in [0.15, 0.2) is 0 Å². The molecule has 1 aliphatic heterocycles. The van der Waals surface area contributed by atoms with Crippen molar-refractivity contribution in [2.75, 3.05) is 18.5 Å². The smallest absolute Gasteiger partial charge is 0.227 e. The van der Waals surface area contributed by atoms with E-state index in [9.17, 15) is 18.3 Å². The van der Waals surface area contributed by atoms with Gasteiger partial charge in [0.2, 0.25) is 15.9 Å². The summed E-state index contributed by atoms with van der Waals surface area (Å²) in [5, 5.41) is 13.9. The number of carbonyl (C=O) groups excluding carboxylic acids is 1. The van der Waals surface area contributed by atoms with E-state index in [0.717, 1.165) is 5.56 Å². The minimum absolute atomic E-state index is 0.0526. The zero-order chi connectivity index (χ0) is 22.0. The van der Waals surface area contributed by atoms with Crippen molar-refractivity contribution in [3.8, 4) is 0 Å². The van der Waals surface area contributed by atoms with E-state index in [1.807, 2.05) is 24.3 Å². The van der Waals surface area contributed by atoms with Crippen molar-refractivity contribution >= 4 is 21.6 Å². The number of hydrogen-bond donors (Lipinski definition) is 3. The Morgan fingerprint density at radius 3 is 2.37 bits per heavy atom. The summed E-state index contributed by atoms with van der Waals surface area (Å²) < 4.78 is 32.0. The highest BCUT2D eigenvalue weighted by Crippen LogP contribution is 2.33. The van der Waals surface area contributed by atoms with E-state index in [2.05, 4.69) is 10.0 Å². The third-order valence-electron chi connectivity index (χ3n) is 6.21. The van der Waals surface area contributed by atoms with Crippen LogP contribution in [0.5, 0.6) is 0 Å². The van der Waals surface area contributed by atoms with Crippen LogP contribution in [0.4, 0.5) is 5.69 Å². The van der Waals surface area contributed by atoms with E-state index < -0.39 is 20.4 Å². The van der Waals surface area contributed by atoms with E-state index in [-0.39, 0.29) is 17.9 Å². The van der Waals surface area contributed by atoms with Gasteiger partial charge in [-0.25, -0.2) is 13.1 Å². The summed E-state index contributed by atoms with van der Waals surface area (Å²) >= 11 is 0. The molecule has 1 aromatic carbocycles. The van der Waals surface area contributed by atoms with Gasteiger partial charge in [-0.05, 0) is 64.2 Å². The largest absolute Gasteiger partial charge is 0.385 e. The van der Waals surface area contributed by atoms with Crippen LogP contribution in [0.25, 0.3) is 0 Å². The first kappa shape index (κ1) is 23.2. The normalized spacial score (nSPS) is 24.9. The van der Waals surface area contributed by atoms with Crippen LogP contribution in [0.3, 0.4) is 0 Å². The van der Waals surface area contributed by atoms with E-state index >= 15 is 0 Å². The van der Waals surface area contributed by atoms with Gasteiger partial charge in [0.05, 0.1) is 10.3 Å². The molecule has 3 rings (SSSR count). The molecule has 7 nitrogen and oxygen atoms in total. The van der Waals surface area contributed by atoms with Crippen LogP contribution >= 0.6 is 0 Å². The lowest BCUT2D eigenvalue weighted by Gasteiger charge is -2.33. The minimum atomic E-state index is -3.39. The fourth-order valence-electron chi connectivity index (χ4n) is 4.00. The van der Waals surface area contributed by atoms with E-state index in [0.29, 0.717) is 57.4 Å². The van der Waals surface area contributed by atoms with Crippen molar-refractivity contribution in [3.05, 3.63) is 29.8 Å². The number of anilines is 1. The van der Waals surface area contributed by atoms with Gasteiger partial charge in [-0.3, -0.25) is 4.79 Å². The van der Waals surface area contributed by atoms with Gasteiger partial charge in [0.1, 0.15) is 0 Å². The summed E-state index contributed by atoms with van der Waals surface area (Å²) in [6.07, 6.45) is 3.66. The Morgan fingerprint density at radius 1 is 1.13 bits per heavy atom. The Balaban J connectivity index is 1.56. The first-order chi connectivity index (χ1) is 14.0. The molecule has 2 fully saturated rings. The highest BCUT2D eigenvalue weighted by Gasteiger charge is 2.35. The zero-order valence-electron chi connectivity index (χ0n) is 18.1. The van der Waals surface area contributed by atoms with E-state index in [1.54, 1.807) is 20.8 Å². The number of ether oxygens (including phenoxy) is 1. The Hall–Kier alpha value is -1.48. The van der Waals surface area contributed by atoms with Gasteiger partial charge in [0.25, 0.3) is 0 Å². The molecule has 0 spiro atoms. The van der Waals surface area contributed by atoms with Crippen LogP contribution in [0.15, 0.2) is 24.3 Å². The maximum Gasteiger partial charge on any atom is 0.227 e. The van der Waals surface area contributed by atoms with Crippen LogP contribution in [-0.2, 0) is 25.2 Å². The average Bonchev–Trinajstić information content (AvgIpc) is 2.68. The van der Waals surface area contributed by atoms with Gasteiger partial charge >= 0.3 is 0 Å². The topological polar surface area (TPSA) is 105 Å². The second kappa shape index (κ2) is 8.94. The number of aliphatic hydroxyl groups is 1. The highest BCUT2D eigenvalue weighted by molar-refractivity contribution is 7.90. The Morgan fingerprint density at radius 2 is 1.77 bits per heavy atom. The number of nitrogens with one attached hydrogen (secondary N) is 2. The maximum absolute atomic E-state index is 12.8. The first-order valence-electron chi connectivity index (χ1n) is 10.7. The molecular weight excluding hydrogens is 404 g/mol. The molecule has 1 saturated heterocycles. The lowest BCUT2D eigenvalue weighted by atomic mass is 9.85. The van der Waals surface area contributed by atoms with Crippen LogP contribution in [0, 0.1) is 5.92 Å². The quantitative estimate of drug-likeness (QED) is 0.656. The van der Waals surface area contributed by atoms with Crippen molar-refractivity contribution in [1.29, 1.82) is 0 Å². The molecule has 0 unspecified atom stereocenters. The summed E-state index contributed by atoms with van der Waals surface area (Å²) in [6.45, 7) is 6.09. The average molecular weight is 439 g/mol. The summed E-state index contributed by atoms with van der Waals surface area (Å²) in [5.41, 5.74) is 0.554. The van der Waals surface area contributed by atoms with E-state index in [1.165, 1.54) is 0 Å². The summed E-state index contributed by atoms with van der Waals surface area (Å²) in [5.74, 6) is -0.196. The molecule has 1 amide bonds. The molecule has 0 bridgehead atoms. The minimum Gasteiger partial charge on any atom is -0.385 e. The summed E-state index contributed by atoms with van der Waals surface area (Å²) in [7, 11) is -3.39. The van der Waals surface area contributed by atoms with Gasteiger partial charge in [-0.2, -0.15) is 0 Å². The lowest BCUT2D eigenvalue weighted by Crippen LogP contribution is -2.46. The van der Waals surface area contributed by atoms with E-state index in [4.69, 9.17) is 4.74 Å².